The lowest BCUT2D eigenvalue weighted by Crippen LogP contribution is -2.41. The molecule has 0 aliphatic heterocycles. The Morgan fingerprint density at radius 2 is 1.62 bits per heavy atom. The van der Waals surface area contributed by atoms with E-state index >= 15 is 0 Å². The molecule has 29 heavy (non-hydrogen) atoms. The van der Waals surface area contributed by atoms with Gasteiger partial charge < -0.3 is 10.1 Å². The Morgan fingerprint density at radius 3 is 2.24 bits per heavy atom. The quantitative estimate of drug-likeness (QED) is 0.553. The summed E-state index contributed by atoms with van der Waals surface area (Å²) in [5, 5.41) is 4.37. The molecule has 0 fully saturated rings. The first kappa shape index (κ1) is 21.8. The molecule has 152 valence electrons. The predicted octanol–water partition coefficient (Wildman–Crippen LogP) is 3.01. The van der Waals surface area contributed by atoms with Crippen LogP contribution in [0.3, 0.4) is 0 Å². The SMILES string of the molecule is CNC(=O)NC(=O)C(OC(=O)CCC(=O)c1ccc(C)c(C)c1)c1ccccc1. The molecule has 1 atom stereocenters. The Morgan fingerprint density at radius 1 is 0.931 bits per heavy atom. The smallest absolute Gasteiger partial charge is 0.321 e. The number of imide groups is 1. The molecular formula is C22H24N2O5. The molecule has 2 aromatic carbocycles. The van der Waals surface area contributed by atoms with E-state index in [1.165, 1.54) is 7.05 Å². The molecule has 2 rings (SSSR count). The van der Waals surface area contributed by atoms with Gasteiger partial charge in [0.1, 0.15) is 0 Å². The lowest BCUT2D eigenvalue weighted by atomic mass is 10.0. The summed E-state index contributed by atoms with van der Waals surface area (Å²) in [5.41, 5.74) is 3.02. The minimum Gasteiger partial charge on any atom is -0.447 e. The van der Waals surface area contributed by atoms with Gasteiger partial charge in [-0.1, -0.05) is 42.5 Å². The van der Waals surface area contributed by atoms with E-state index in [-0.39, 0.29) is 18.6 Å². The van der Waals surface area contributed by atoms with Crippen molar-refractivity contribution in [3.8, 4) is 0 Å². The van der Waals surface area contributed by atoms with Crippen LogP contribution in [0.1, 0.15) is 46.0 Å². The molecule has 2 aromatic rings. The van der Waals surface area contributed by atoms with Crippen molar-refractivity contribution < 1.29 is 23.9 Å². The molecule has 7 heteroatoms. The van der Waals surface area contributed by atoms with Crippen LogP contribution in [0.15, 0.2) is 48.5 Å². The number of ketones is 1. The zero-order valence-electron chi connectivity index (χ0n) is 16.7. The van der Waals surface area contributed by atoms with Gasteiger partial charge in [0.15, 0.2) is 5.78 Å². The molecule has 7 nitrogen and oxygen atoms in total. The van der Waals surface area contributed by atoms with Crippen LogP contribution in [-0.4, -0.2) is 30.7 Å². The number of carbonyl (C=O) groups is 4. The maximum absolute atomic E-state index is 12.4. The number of hydrogen-bond acceptors (Lipinski definition) is 5. The van der Waals surface area contributed by atoms with Crippen molar-refractivity contribution in [2.75, 3.05) is 7.05 Å². The summed E-state index contributed by atoms with van der Waals surface area (Å²) in [6.07, 6.45) is -1.51. The van der Waals surface area contributed by atoms with Gasteiger partial charge in [-0.15, -0.1) is 0 Å². The molecule has 0 aliphatic rings. The molecule has 0 aromatic heterocycles. The Balaban J connectivity index is 2.03. The first-order valence-corrected chi connectivity index (χ1v) is 9.19. The number of aryl methyl sites for hydroxylation is 2. The van der Waals surface area contributed by atoms with Crippen molar-refractivity contribution in [1.29, 1.82) is 0 Å². The number of amides is 3. The highest BCUT2D eigenvalue weighted by atomic mass is 16.5. The molecule has 1 unspecified atom stereocenters. The van der Waals surface area contributed by atoms with Crippen LogP contribution in [0.2, 0.25) is 0 Å². The van der Waals surface area contributed by atoms with Crippen LogP contribution < -0.4 is 10.6 Å². The summed E-state index contributed by atoms with van der Waals surface area (Å²) in [7, 11) is 1.37. The highest BCUT2D eigenvalue weighted by Gasteiger charge is 2.26. The third-order valence-corrected chi connectivity index (χ3v) is 4.44. The zero-order chi connectivity index (χ0) is 21.4. The van der Waals surface area contributed by atoms with Crippen molar-refractivity contribution in [3.63, 3.8) is 0 Å². The van der Waals surface area contributed by atoms with Gasteiger partial charge >= 0.3 is 12.0 Å². The molecule has 0 radical (unpaired) electrons. The summed E-state index contributed by atoms with van der Waals surface area (Å²) in [5.74, 6) is -1.66. The Kier molecular flexibility index (Phi) is 7.65. The second-order valence-corrected chi connectivity index (χ2v) is 6.57. The highest BCUT2D eigenvalue weighted by Crippen LogP contribution is 2.19. The fraction of sp³-hybridized carbons (Fsp3) is 0.273. The minimum absolute atomic E-state index is 0.0418. The average Bonchev–Trinajstić information content (AvgIpc) is 2.72. The van der Waals surface area contributed by atoms with Crippen molar-refractivity contribution >= 4 is 23.7 Å². The summed E-state index contributed by atoms with van der Waals surface area (Å²) in [6.45, 7) is 3.87. The van der Waals surface area contributed by atoms with E-state index < -0.39 is 24.0 Å². The fourth-order valence-electron chi connectivity index (χ4n) is 2.61. The number of rotatable bonds is 7. The predicted molar refractivity (Wildman–Crippen MR) is 107 cm³/mol. The molecule has 2 N–H and O–H groups in total. The van der Waals surface area contributed by atoms with E-state index in [1.807, 2.05) is 19.9 Å². The molecule has 0 aliphatic carbocycles. The second-order valence-electron chi connectivity index (χ2n) is 6.57. The average molecular weight is 396 g/mol. The standard InChI is InChI=1S/C22H24N2O5/c1-14-9-10-17(13-15(14)2)18(25)11-12-19(26)29-20(16-7-5-4-6-8-16)21(27)24-22(28)23-3/h4-10,13,20H,11-12H2,1-3H3,(H2,23,24,27,28). The molecule has 0 spiro atoms. The van der Waals surface area contributed by atoms with Crippen molar-refractivity contribution in [1.82, 2.24) is 10.6 Å². The molecule has 0 saturated carbocycles. The molecule has 0 bridgehead atoms. The number of ether oxygens (including phenoxy) is 1. The van der Waals surface area contributed by atoms with Crippen LogP contribution in [-0.2, 0) is 14.3 Å². The Labute approximate surface area is 169 Å². The van der Waals surface area contributed by atoms with Crippen molar-refractivity contribution in [3.05, 3.63) is 70.8 Å². The van der Waals surface area contributed by atoms with E-state index in [1.54, 1.807) is 42.5 Å². The number of nitrogens with one attached hydrogen (secondary N) is 2. The van der Waals surface area contributed by atoms with Crippen molar-refractivity contribution in [2.24, 2.45) is 0 Å². The Bertz CT molecular complexity index is 909. The van der Waals surface area contributed by atoms with Crippen molar-refractivity contribution in [2.45, 2.75) is 32.8 Å². The Hall–Kier alpha value is -3.48. The number of Topliss-reactive ketones (excluding diaryl/α,β-unsaturated/α-hetero) is 1. The molecule has 3 amide bonds. The van der Waals surface area contributed by atoms with Crippen LogP contribution in [0.25, 0.3) is 0 Å². The van der Waals surface area contributed by atoms with E-state index in [4.69, 9.17) is 4.74 Å². The van der Waals surface area contributed by atoms with Crippen LogP contribution in [0.4, 0.5) is 4.79 Å². The van der Waals surface area contributed by atoms with Gasteiger partial charge in [-0.3, -0.25) is 19.7 Å². The summed E-state index contributed by atoms with van der Waals surface area (Å²) in [4.78, 5) is 48.4. The topological polar surface area (TPSA) is 102 Å². The first-order chi connectivity index (χ1) is 13.8. The molecule has 0 heterocycles. The summed E-state index contributed by atoms with van der Waals surface area (Å²) >= 11 is 0. The highest BCUT2D eigenvalue weighted by molar-refractivity contribution is 5.99. The fourth-order valence-corrected chi connectivity index (χ4v) is 2.61. The van der Waals surface area contributed by atoms with Crippen LogP contribution in [0, 0.1) is 13.8 Å². The van der Waals surface area contributed by atoms with Gasteiger partial charge in [0.05, 0.1) is 6.42 Å². The largest absolute Gasteiger partial charge is 0.447 e. The van der Waals surface area contributed by atoms with Gasteiger partial charge in [-0.05, 0) is 31.0 Å². The second kappa shape index (κ2) is 10.2. The third-order valence-electron chi connectivity index (χ3n) is 4.44. The summed E-state index contributed by atoms with van der Waals surface area (Å²) in [6, 6.07) is 13.0. The minimum atomic E-state index is -1.29. The first-order valence-electron chi connectivity index (χ1n) is 9.19. The number of hydrogen-bond donors (Lipinski definition) is 2. The third kappa shape index (κ3) is 6.27. The number of benzene rings is 2. The van der Waals surface area contributed by atoms with E-state index in [0.29, 0.717) is 11.1 Å². The summed E-state index contributed by atoms with van der Waals surface area (Å²) < 4.78 is 5.29. The zero-order valence-corrected chi connectivity index (χ0v) is 16.7. The van der Waals surface area contributed by atoms with Crippen LogP contribution in [0.5, 0.6) is 0 Å². The lowest BCUT2D eigenvalue weighted by molar-refractivity contribution is -0.156. The molecule has 0 saturated heterocycles. The maximum atomic E-state index is 12.4. The van der Waals surface area contributed by atoms with Crippen LogP contribution >= 0.6 is 0 Å². The van der Waals surface area contributed by atoms with E-state index in [2.05, 4.69) is 10.6 Å². The van der Waals surface area contributed by atoms with Gasteiger partial charge in [0.2, 0.25) is 6.10 Å². The van der Waals surface area contributed by atoms with E-state index in [9.17, 15) is 19.2 Å². The monoisotopic (exact) mass is 396 g/mol. The number of esters is 1. The number of urea groups is 1. The van der Waals surface area contributed by atoms with Gasteiger partial charge in [0.25, 0.3) is 5.91 Å². The van der Waals surface area contributed by atoms with E-state index in [0.717, 1.165) is 11.1 Å². The van der Waals surface area contributed by atoms with Gasteiger partial charge in [-0.2, -0.15) is 0 Å². The van der Waals surface area contributed by atoms with Gasteiger partial charge in [0, 0.05) is 24.6 Å². The number of carbonyl (C=O) groups excluding carboxylic acids is 4. The maximum Gasteiger partial charge on any atom is 0.321 e. The lowest BCUT2D eigenvalue weighted by Gasteiger charge is -2.17. The normalized spacial score (nSPS) is 11.3. The molecular weight excluding hydrogens is 372 g/mol. The van der Waals surface area contributed by atoms with Gasteiger partial charge in [-0.25, -0.2) is 4.79 Å².